The number of imidazole rings is 1. The molecule has 0 atom stereocenters. The molecule has 0 fully saturated rings. The highest BCUT2D eigenvalue weighted by Crippen LogP contribution is 2.32. The minimum atomic E-state index is -0.335. The molecular formula is C15H12Cl2N2O2S. The van der Waals surface area contributed by atoms with Gasteiger partial charge in [-0.2, -0.15) is 0 Å². The van der Waals surface area contributed by atoms with Crippen LogP contribution in [0.2, 0.25) is 10.0 Å². The number of ether oxygens (including phenoxy) is 1. The van der Waals surface area contributed by atoms with E-state index in [1.54, 1.807) is 12.1 Å². The Kier molecular flexibility index (Phi) is 4.12. The van der Waals surface area contributed by atoms with E-state index in [-0.39, 0.29) is 5.97 Å². The maximum absolute atomic E-state index is 11.8. The Morgan fingerprint density at radius 2 is 2.18 bits per heavy atom. The first kappa shape index (κ1) is 15.3. The van der Waals surface area contributed by atoms with Gasteiger partial charge in [0, 0.05) is 22.5 Å². The van der Waals surface area contributed by atoms with Crippen LogP contribution in [0.25, 0.3) is 16.2 Å². The van der Waals surface area contributed by atoms with Crippen LogP contribution in [0.5, 0.6) is 0 Å². The van der Waals surface area contributed by atoms with E-state index in [1.165, 1.54) is 18.4 Å². The van der Waals surface area contributed by atoms with Gasteiger partial charge in [-0.15, -0.1) is 0 Å². The van der Waals surface area contributed by atoms with Crippen molar-refractivity contribution in [3.63, 3.8) is 0 Å². The molecule has 0 bridgehead atoms. The zero-order chi connectivity index (χ0) is 15.9. The van der Waals surface area contributed by atoms with Crippen molar-refractivity contribution in [2.45, 2.75) is 13.3 Å². The Bertz CT molecular complexity index is 870. The Morgan fingerprint density at radius 1 is 1.41 bits per heavy atom. The van der Waals surface area contributed by atoms with Crippen molar-refractivity contribution in [3.05, 3.63) is 45.0 Å². The van der Waals surface area contributed by atoms with E-state index in [4.69, 9.17) is 27.9 Å². The van der Waals surface area contributed by atoms with Crippen molar-refractivity contribution in [1.82, 2.24) is 9.38 Å². The molecule has 2 aromatic heterocycles. The SMILES string of the molecule is CCc1c(C(=O)OC)sc2nc(-c3ccc(Cl)cc3Cl)cn12. The normalized spacial score (nSPS) is 11.1. The van der Waals surface area contributed by atoms with Crippen LogP contribution in [0, 0.1) is 0 Å². The number of hydrogen-bond acceptors (Lipinski definition) is 4. The molecule has 0 N–H and O–H groups in total. The molecule has 4 nitrogen and oxygen atoms in total. The van der Waals surface area contributed by atoms with Gasteiger partial charge < -0.3 is 4.74 Å². The lowest BCUT2D eigenvalue weighted by molar-refractivity contribution is 0.0604. The minimum Gasteiger partial charge on any atom is -0.465 e. The number of benzene rings is 1. The third kappa shape index (κ3) is 2.49. The summed E-state index contributed by atoms with van der Waals surface area (Å²) in [6.45, 7) is 1.99. The lowest BCUT2D eigenvalue weighted by Crippen LogP contribution is -2.03. The lowest BCUT2D eigenvalue weighted by atomic mass is 10.2. The van der Waals surface area contributed by atoms with Crippen molar-refractivity contribution in [2.24, 2.45) is 0 Å². The quantitative estimate of drug-likeness (QED) is 0.639. The first-order valence-electron chi connectivity index (χ1n) is 6.59. The molecule has 1 aromatic carbocycles. The largest absolute Gasteiger partial charge is 0.465 e. The van der Waals surface area contributed by atoms with Gasteiger partial charge >= 0.3 is 5.97 Å². The Hall–Kier alpha value is -1.56. The molecule has 0 saturated carbocycles. The molecule has 114 valence electrons. The molecule has 0 aliphatic rings. The summed E-state index contributed by atoms with van der Waals surface area (Å²) in [5, 5.41) is 1.13. The van der Waals surface area contributed by atoms with Crippen molar-refractivity contribution in [2.75, 3.05) is 7.11 Å². The molecule has 0 saturated heterocycles. The van der Waals surface area contributed by atoms with Gasteiger partial charge in [-0.05, 0) is 24.6 Å². The smallest absolute Gasteiger partial charge is 0.349 e. The van der Waals surface area contributed by atoms with Gasteiger partial charge in [-0.3, -0.25) is 4.40 Å². The van der Waals surface area contributed by atoms with Crippen LogP contribution in [0.4, 0.5) is 0 Å². The fraction of sp³-hybridized carbons (Fsp3) is 0.200. The molecule has 0 radical (unpaired) electrons. The zero-order valence-corrected chi connectivity index (χ0v) is 14.2. The van der Waals surface area contributed by atoms with Crippen LogP contribution in [-0.2, 0) is 11.2 Å². The van der Waals surface area contributed by atoms with E-state index in [9.17, 15) is 4.79 Å². The summed E-state index contributed by atoms with van der Waals surface area (Å²) in [4.78, 5) is 17.7. The molecule has 2 heterocycles. The average Bonchev–Trinajstić information content (AvgIpc) is 3.03. The van der Waals surface area contributed by atoms with Crippen LogP contribution in [0.3, 0.4) is 0 Å². The summed E-state index contributed by atoms with van der Waals surface area (Å²) in [6, 6.07) is 5.30. The highest BCUT2D eigenvalue weighted by molar-refractivity contribution is 7.19. The number of thiazole rings is 1. The summed E-state index contributed by atoms with van der Waals surface area (Å²) in [5.74, 6) is -0.335. The molecule has 22 heavy (non-hydrogen) atoms. The number of methoxy groups -OCH3 is 1. The van der Waals surface area contributed by atoms with Crippen LogP contribution in [0.1, 0.15) is 22.3 Å². The Morgan fingerprint density at radius 3 is 2.82 bits per heavy atom. The number of fused-ring (bicyclic) bond motifs is 1. The summed E-state index contributed by atoms with van der Waals surface area (Å²) in [5.41, 5.74) is 2.44. The molecule has 0 amide bonds. The second kappa shape index (κ2) is 5.91. The fourth-order valence-electron chi connectivity index (χ4n) is 2.30. The predicted octanol–water partition coefficient (Wildman–Crippen LogP) is 4.72. The standard InChI is InChI=1S/C15H12Cl2N2O2S/c1-3-12-13(14(20)21-2)22-15-18-11(7-19(12)15)9-5-4-8(16)6-10(9)17/h4-7H,3H2,1-2H3. The number of esters is 1. The maximum atomic E-state index is 11.8. The van der Waals surface area contributed by atoms with Gasteiger partial charge in [0.2, 0.25) is 0 Å². The molecular weight excluding hydrogens is 343 g/mol. The number of aryl methyl sites for hydroxylation is 1. The molecule has 3 aromatic rings. The van der Waals surface area contributed by atoms with E-state index in [1.807, 2.05) is 23.6 Å². The lowest BCUT2D eigenvalue weighted by Gasteiger charge is -2.01. The number of carbonyl (C=O) groups is 1. The second-order valence-corrected chi connectivity index (χ2v) is 6.45. The summed E-state index contributed by atoms with van der Waals surface area (Å²) < 4.78 is 6.73. The van der Waals surface area contributed by atoms with Crippen molar-refractivity contribution in [1.29, 1.82) is 0 Å². The number of aromatic nitrogens is 2. The van der Waals surface area contributed by atoms with Gasteiger partial charge in [-0.1, -0.05) is 41.5 Å². The Balaban J connectivity index is 2.15. The van der Waals surface area contributed by atoms with E-state index in [0.29, 0.717) is 21.3 Å². The van der Waals surface area contributed by atoms with Gasteiger partial charge in [0.05, 0.1) is 17.8 Å². The molecule has 0 spiro atoms. The summed E-state index contributed by atoms with van der Waals surface area (Å²) in [6.07, 6.45) is 2.58. The van der Waals surface area contributed by atoms with Gasteiger partial charge in [0.25, 0.3) is 0 Å². The fourth-order valence-corrected chi connectivity index (χ4v) is 3.92. The van der Waals surface area contributed by atoms with Crippen molar-refractivity contribution < 1.29 is 9.53 Å². The Labute approximate surface area is 141 Å². The van der Waals surface area contributed by atoms with E-state index >= 15 is 0 Å². The molecule has 0 unspecified atom stereocenters. The second-order valence-electron chi connectivity index (χ2n) is 4.63. The number of halogens is 2. The van der Waals surface area contributed by atoms with Crippen molar-refractivity contribution >= 4 is 45.5 Å². The average molecular weight is 355 g/mol. The van der Waals surface area contributed by atoms with E-state index < -0.39 is 0 Å². The van der Waals surface area contributed by atoms with Crippen LogP contribution >= 0.6 is 34.5 Å². The van der Waals surface area contributed by atoms with Gasteiger partial charge in [-0.25, -0.2) is 9.78 Å². The molecule has 0 aliphatic carbocycles. The number of nitrogens with zero attached hydrogens (tertiary/aromatic N) is 2. The van der Waals surface area contributed by atoms with Gasteiger partial charge in [0.15, 0.2) is 4.96 Å². The summed E-state index contributed by atoms with van der Waals surface area (Å²) >= 11 is 13.5. The molecule has 3 rings (SSSR count). The topological polar surface area (TPSA) is 43.6 Å². The molecule has 7 heteroatoms. The predicted molar refractivity (Wildman–Crippen MR) is 89.2 cm³/mol. The number of hydrogen-bond donors (Lipinski definition) is 0. The van der Waals surface area contributed by atoms with Gasteiger partial charge in [0.1, 0.15) is 4.88 Å². The third-order valence-electron chi connectivity index (χ3n) is 3.33. The maximum Gasteiger partial charge on any atom is 0.349 e. The van der Waals surface area contributed by atoms with Crippen LogP contribution in [-0.4, -0.2) is 22.5 Å². The summed E-state index contributed by atoms with van der Waals surface area (Å²) in [7, 11) is 1.38. The van der Waals surface area contributed by atoms with E-state index in [2.05, 4.69) is 4.98 Å². The minimum absolute atomic E-state index is 0.335. The van der Waals surface area contributed by atoms with Crippen LogP contribution in [0.15, 0.2) is 24.4 Å². The monoisotopic (exact) mass is 354 g/mol. The number of carbonyl (C=O) groups excluding carboxylic acids is 1. The van der Waals surface area contributed by atoms with E-state index in [0.717, 1.165) is 21.9 Å². The van der Waals surface area contributed by atoms with Crippen LogP contribution < -0.4 is 0 Å². The highest BCUT2D eigenvalue weighted by atomic mass is 35.5. The van der Waals surface area contributed by atoms with Crippen molar-refractivity contribution in [3.8, 4) is 11.3 Å². The molecule has 0 aliphatic heterocycles. The first-order chi connectivity index (χ1) is 10.5. The highest BCUT2D eigenvalue weighted by Gasteiger charge is 2.20. The number of rotatable bonds is 3. The first-order valence-corrected chi connectivity index (χ1v) is 8.17. The zero-order valence-electron chi connectivity index (χ0n) is 11.9. The third-order valence-corrected chi connectivity index (χ3v) is 4.96.